The Balaban J connectivity index is 2.24. The largest absolute Gasteiger partial charge is 0.378 e. The standard InChI is InChI=1S/C17H24N6O/c1-21(2)13-9-7-12(8-10-13)16(24)19-14-11-18-17(23(5)6)20-15(14)22(3)4/h7-11H,1-6H3,(H,19,24). The lowest BCUT2D eigenvalue weighted by Crippen LogP contribution is -2.21. The van der Waals surface area contributed by atoms with Gasteiger partial charge < -0.3 is 20.0 Å². The van der Waals surface area contributed by atoms with Gasteiger partial charge in [-0.1, -0.05) is 0 Å². The Labute approximate surface area is 142 Å². The van der Waals surface area contributed by atoms with E-state index < -0.39 is 0 Å². The van der Waals surface area contributed by atoms with E-state index in [-0.39, 0.29) is 5.91 Å². The third-order valence-electron chi connectivity index (χ3n) is 3.47. The van der Waals surface area contributed by atoms with Crippen molar-refractivity contribution < 1.29 is 4.79 Å². The predicted molar refractivity (Wildman–Crippen MR) is 99.4 cm³/mol. The zero-order chi connectivity index (χ0) is 17.9. The van der Waals surface area contributed by atoms with Gasteiger partial charge in [-0.05, 0) is 24.3 Å². The molecule has 0 aliphatic carbocycles. The van der Waals surface area contributed by atoms with Crippen LogP contribution in [-0.2, 0) is 0 Å². The number of hydrogen-bond acceptors (Lipinski definition) is 6. The number of anilines is 4. The van der Waals surface area contributed by atoms with Gasteiger partial charge in [-0.25, -0.2) is 4.98 Å². The molecule has 1 amide bonds. The van der Waals surface area contributed by atoms with Crippen molar-refractivity contribution in [3.05, 3.63) is 36.0 Å². The van der Waals surface area contributed by atoms with Gasteiger partial charge >= 0.3 is 0 Å². The second kappa shape index (κ2) is 7.16. The van der Waals surface area contributed by atoms with Crippen molar-refractivity contribution in [3.63, 3.8) is 0 Å². The highest BCUT2D eigenvalue weighted by atomic mass is 16.1. The SMILES string of the molecule is CN(C)c1ccc(C(=O)Nc2cnc(N(C)C)nc2N(C)C)cc1. The van der Waals surface area contributed by atoms with Gasteiger partial charge in [0.05, 0.1) is 6.20 Å². The third kappa shape index (κ3) is 3.92. The molecule has 1 heterocycles. The van der Waals surface area contributed by atoms with Crippen LogP contribution in [0.2, 0.25) is 0 Å². The van der Waals surface area contributed by atoms with Gasteiger partial charge in [-0.2, -0.15) is 4.98 Å². The summed E-state index contributed by atoms with van der Waals surface area (Å²) in [6.07, 6.45) is 1.63. The summed E-state index contributed by atoms with van der Waals surface area (Å²) < 4.78 is 0. The lowest BCUT2D eigenvalue weighted by atomic mass is 10.2. The van der Waals surface area contributed by atoms with Crippen LogP contribution in [0.1, 0.15) is 10.4 Å². The fourth-order valence-corrected chi connectivity index (χ4v) is 2.11. The van der Waals surface area contributed by atoms with Gasteiger partial charge in [0, 0.05) is 53.5 Å². The van der Waals surface area contributed by atoms with Gasteiger partial charge in [0.15, 0.2) is 5.82 Å². The monoisotopic (exact) mass is 328 g/mol. The van der Waals surface area contributed by atoms with E-state index in [0.717, 1.165) is 5.69 Å². The molecular formula is C17H24N6O. The molecular weight excluding hydrogens is 304 g/mol. The van der Waals surface area contributed by atoms with Crippen molar-refractivity contribution in [1.82, 2.24) is 9.97 Å². The molecule has 0 spiro atoms. The number of nitrogens with one attached hydrogen (secondary N) is 1. The molecule has 0 radical (unpaired) electrons. The van der Waals surface area contributed by atoms with Crippen LogP contribution < -0.4 is 20.0 Å². The Hall–Kier alpha value is -2.83. The molecule has 0 saturated heterocycles. The van der Waals surface area contributed by atoms with Crippen LogP contribution in [0.15, 0.2) is 30.5 Å². The fourth-order valence-electron chi connectivity index (χ4n) is 2.11. The first-order valence-corrected chi connectivity index (χ1v) is 7.60. The van der Waals surface area contributed by atoms with Gasteiger partial charge in [0.1, 0.15) is 5.69 Å². The minimum Gasteiger partial charge on any atom is -0.378 e. The molecule has 1 aromatic heterocycles. The number of benzene rings is 1. The van der Waals surface area contributed by atoms with Crippen molar-refractivity contribution in [1.29, 1.82) is 0 Å². The summed E-state index contributed by atoms with van der Waals surface area (Å²) in [6, 6.07) is 7.42. The molecule has 1 N–H and O–H groups in total. The number of hydrogen-bond donors (Lipinski definition) is 1. The summed E-state index contributed by atoms with van der Waals surface area (Å²) in [5.41, 5.74) is 2.20. The molecule has 7 nitrogen and oxygen atoms in total. The molecule has 0 unspecified atom stereocenters. The van der Waals surface area contributed by atoms with Gasteiger partial charge in [0.25, 0.3) is 5.91 Å². The molecule has 0 aliphatic rings. The van der Waals surface area contributed by atoms with Crippen LogP contribution >= 0.6 is 0 Å². The Morgan fingerprint density at radius 2 is 1.54 bits per heavy atom. The molecule has 0 fully saturated rings. The van der Waals surface area contributed by atoms with Gasteiger partial charge in [0.2, 0.25) is 5.95 Å². The lowest BCUT2D eigenvalue weighted by molar-refractivity contribution is 0.102. The first kappa shape index (κ1) is 17.5. The van der Waals surface area contributed by atoms with E-state index in [4.69, 9.17) is 0 Å². The van der Waals surface area contributed by atoms with Crippen molar-refractivity contribution in [2.45, 2.75) is 0 Å². The average Bonchev–Trinajstić information content (AvgIpc) is 2.54. The molecule has 7 heteroatoms. The van der Waals surface area contributed by atoms with Crippen LogP contribution in [0, 0.1) is 0 Å². The molecule has 2 aromatic rings. The topological polar surface area (TPSA) is 64.6 Å². The highest BCUT2D eigenvalue weighted by Gasteiger charge is 2.14. The summed E-state index contributed by atoms with van der Waals surface area (Å²) in [7, 11) is 11.4. The van der Waals surface area contributed by atoms with Crippen molar-refractivity contribution >= 4 is 29.0 Å². The molecule has 2 rings (SSSR count). The number of nitrogens with zero attached hydrogens (tertiary/aromatic N) is 5. The highest BCUT2D eigenvalue weighted by molar-refractivity contribution is 6.05. The van der Waals surface area contributed by atoms with E-state index in [9.17, 15) is 4.79 Å². The maximum atomic E-state index is 12.5. The maximum absolute atomic E-state index is 12.5. The van der Waals surface area contributed by atoms with E-state index in [1.54, 1.807) is 18.3 Å². The molecule has 1 aromatic carbocycles. The second-order valence-electron chi connectivity index (χ2n) is 6.09. The number of aromatic nitrogens is 2. The summed E-state index contributed by atoms with van der Waals surface area (Å²) in [5.74, 6) is 1.06. The number of rotatable bonds is 5. The normalized spacial score (nSPS) is 10.2. The van der Waals surface area contributed by atoms with E-state index in [2.05, 4.69) is 15.3 Å². The van der Waals surface area contributed by atoms with Crippen LogP contribution in [0.3, 0.4) is 0 Å². The summed E-state index contributed by atoms with van der Waals surface area (Å²) in [5, 5.41) is 2.89. The molecule has 0 aliphatic heterocycles. The van der Waals surface area contributed by atoms with E-state index in [1.165, 1.54) is 0 Å². The van der Waals surface area contributed by atoms with E-state index in [1.807, 2.05) is 69.1 Å². The maximum Gasteiger partial charge on any atom is 0.255 e. The summed E-state index contributed by atoms with van der Waals surface area (Å²) >= 11 is 0. The Morgan fingerprint density at radius 3 is 2.04 bits per heavy atom. The van der Waals surface area contributed by atoms with Crippen molar-refractivity contribution in [2.75, 3.05) is 62.3 Å². The smallest absolute Gasteiger partial charge is 0.255 e. The van der Waals surface area contributed by atoms with Crippen LogP contribution in [0.25, 0.3) is 0 Å². The van der Waals surface area contributed by atoms with Gasteiger partial charge in [-0.15, -0.1) is 0 Å². The van der Waals surface area contributed by atoms with Crippen LogP contribution in [0.4, 0.5) is 23.1 Å². The Kier molecular flexibility index (Phi) is 5.23. The molecule has 0 bridgehead atoms. The third-order valence-corrected chi connectivity index (χ3v) is 3.47. The molecule has 0 saturated carbocycles. The van der Waals surface area contributed by atoms with Gasteiger partial charge in [-0.3, -0.25) is 4.79 Å². The fraction of sp³-hybridized carbons (Fsp3) is 0.353. The minimum atomic E-state index is -0.190. The zero-order valence-electron chi connectivity index (χ0n) is 15.0. The second-order valence-corrected chi connectivity index (χ2v) is 6.09. The number of amides is 1. The summed E-state index contributed by atoms with van der Waals surface area (Å²) in [4.78, 5) is 26.9. The Morgan fingerprint density at radius 1 is 0.917 bits per heavy atom. The quantitative estimate of drug-likeness (QED) is 0.905. The first-order chi connectivity index (χ1) is 11.3. The highest BCUT2D eigenvalue weighted by Crippen LogP contribution is 2.24. The summed E-state index contributed by atoms with van der Waals surface area (Å²) in [6.45, 7) is 0. The molecule has 24 heavy (non-hydrogen) atoms. The zero-order valence-corrected chi connectivity index (χ0v) is 15.0. The molecule has 128 valence electrons. The average molecular weight is 328 g/mol. The first-order valence-electron chi connectivity index (χ1n) is 7.60. The minimum absolute atomic E-state index is 0.190. The number of carbonyl (C=O) groups is 1. The van der Waals surface area contributed by atoms with Crippen molar-refractivity contribution in [3.8, 4) is 0 Å². The lowest BCUT2D eigenvalue weighted by Gasteiger charge is -2.19. The van der Waals surface area contributed by atoms with Crippen molar-refractivity contribution in [2.24, 2.45) is 0 Å². The number of carbonyl (C=O) groups excluding carboxylic acids is 1. The predicted octanol–water partition coefficient (Wildman–Crippen LogP) is 1.93. The Bertz CT molecular complexity index is 710. The van der Waals surface area contributed by atoms with Crippen LogP contribution in [-0.4, -0.2) is 58.2 Å². The van der Waals surface area contributed by atoms with E-state index in [0.29, 0.717) is 23.0 Å². The van der Waals surface area contributed by atoms with Crippen LogP contribution in [0.5, 0.6) is 0 Å². The molecule has 0 atom stereocenters. The van der Waals surface area contributed by atoms with E-state index >= 15 is 0 Å².